The van der Waals surface area contributed by atoms with E-state index in [4.69, 9.17) is 33.2 Å². The lowest BCUT2D eigenvalue weighted by Crippen LogP contribution is -2.69. The Balaban J connectivity index is 1.64. The van der Waals surface area contributed by atoms with Crippen molar-refractivity contribution in [1.82, 2.24) is 5.32 Å². The van der Waals surface area contributed by atoms with E-state index >= 15 is 0 Å². The highest BCUT2D eigenvalue weighted by atomic mass is 16.8. The number of nitrogens with one attached hydrogen (secondary N) is 1. The predicted octanol–water partition coefficient (Wildman–Crippen LogP) is -6.52. The van der Waals surface area contributed by atoms with Gasteiger partial charge in [-0.25, -0.2) is 0 Å². The van der Waals surface area contributed by atoms with Crippen LogP contribution in [0.3, 0.4) is 0 Å². The lowest BCUT2D eigenvalue weighted by atomic mass is 9.95. The number of amides is 1. The van der Waals surface area contributed by atoms with Crippen LogP contribution >= 0.6 is 0 Å². The third-order valence-corrected chi connectivity index (χ3v) is 8.48. The Hall–Kier alpha value is -1.21. The fourth-order valence-electron chi connectivity index (χ4n) is 5.82. The summed E-state index contributed by atoms with van der Waals surface area (Å²) in [5.41, 5.74) is 0. The molecule has 1 unspecified atom stereocenters. The van der Waals surface area contributed by atoms with Crippen molar-refractivity contribution < 1.29 is 89.0 Å². The molecule has 0 aromatic carbocycles. The van der Waals surface area contributed by atoms with Crippen LogP contribution in [0.2, 0.25) is 0 Å². The van der Waals surface area contributed by atoms with Crippen molar-refractivity contribution in [2.45, 2.75) is 150 Å². The second-order valence-electron chi connectivity index (χ2n) is 11.8. The molecule has 0 saturated carbocycles. The number of carbonyl (C=O) groups excluding carboxylic acids is 1. The monoisotopic (exact) mass is 659 g/mol. The maximum absolute atomic E-state index is 12.0. The fraction of sp³-hybridized carbons (Fsp3) is 0.962. The molecule has 4 saturated heterocycles. The molecule has 19 nitrogen and oxygen atoms in total. The highest BCUT2D eigenvalue weighted by Gasteiger charge is 2.55. The van der Waals surface area contributed by atoms with Gasteiger partial charge in [-0.1, -0.05) is 0 Å². The minimum absolute atomic E-state index is 0.656. The molecule has 20 atom stereocenters. The first-order valence-electron chi connectivity index (χ1n) is 14.7. The SMILES string of the molecule is CC(=O)N[C@H]1[C@H](O[C@H]2[C@@H](O[C@@H]3[C@@H](O)[C@@H](O)C(O)O[C@H]3C)O[C@@H](C)[C@H](O[C@H]3O[C@@H](C)[C@H](O)[C@@H](O)[C@H]3O)[C@H]2O)O[C@H](CO)[C@H](O)[C@@H]1O. The molecular formula is C26H45NO18. The number of hydrogen-bond donors (Lipinski definition) is 11. The lowest BCUT2D eigenvalue weighted by Gasteiger charge is -2.50. The summed E-state index contributed by atoms with van der Waals surface area (Å²) in [7, 11) is 0. The Morgan fingerprint density at radius 3 is 1.76 bits per heavy atom. The number of aliphatic hydroxyl groups is 10. The molecule has 0 bridgehead atoms. The van der Waals surface area contributed by atoms with Gasteiger partial charge < -0.3 is 89.5 Å². The first kappa shape index (κ1) is 36.6. The molecule has 0 radical (unpaired) electrons. The van der Waals surface area contributed by atoms with E-state index in [1.807, 2.05) is 0 Å². The quantitative estimate of drug-likeness (QED) is 0.115. The summed E-state index contributed by atoms with van der Waals surface area (Å²) in [6.45, 7) is 4.64. The van der Waals surface area contributed by atoms with Gasteiger partial charge in [0.05, 0.1) is 24.9 Å². The summed E-state index contributed by atoms with van der Waals surface area (Å²) in [6, 6.07) is -1.45. The molecule has 4 heterocycles. The largest absolute Gasteiger partial charge is 0.394 e. The zero-order chi connectivity index (χ0) is 33.5. The molecule has 4 fully saturated rings. The molecule has 0 aromatic heterocycles. The summed E-state index contributed by atoms with van der Waals surface area (Å²) in [5, 5.41) is 106. The number of hydrogen-bond acceptors (Lipinski definition) is 18. The highest BCUT2D eigenvalue weighted by Crippen LogP contribution is 2.35. The van der Waals surface area contributed by atoms with Crippen molar-refractivity contribution in [1.29, 1.82) is 0 Å². The van der Waals surface area contributed by atoms with Crippen LogP contribution in [0.15, 0.2) is 0 Å². The van der Waals surface area contributed by atoms with Gasteiger partial charge in [0.15, 0.2) is 25.2 Å². The van der Waals surface area contributed by atoms with Crippen LogP contribution in [0, 0.1) is 0 Å². The van der Waals surface area contributed by atoms with Crippen LogP contribution < -0.4 is 5.32 Å². The molecule has 19 heteroatoms. The zero-order valence-corrected chi connectivity index (χ0v) is 25.0. The Labute approximate surface area is 257 Å². The van der Waals surface area contributed by atoms with Gasteiger partial charge in [0.1, 0.15) is 79.3 Å². The van der Waals surface area contributed by atoms with Gasteiger partial charge in [-0.05, 0) is 20.8 Å². The second kappa shape index (κ2) is 14.9. The number of aliphatic hydroxyl groups excluding tert-OH is 10. The van der Waals surface area contributed by atoms with E-state index in [0.717, 1.165) is 6.92 Å². The van der Waals surface area contributed by atoms with Crippen molar-refractivity contribution in [3.05, 3.63) is 0 Å². The summed E-state index contributed by atoms with van der Waals surface area (Å²) >= 11 is 0. The number of carbonyl (C=O) groups is 1. The third kappa shape index (κ3) is 7.60. The van der Waals surface area contributed by atoms with Gasteiger partial charge in [-0.3, -0.25) is 4.79 Å². The minimum Gasteiger partial charge on any atom is -0.394 e. The normalized spacial score (nSPS) is 52.8. The van der Waals surface area contributed by atoms with Gasteiger partial charge >= 0.3 is 0 Å². The highest BCUT2D eigenvalue weighted by molar-refractivity contribution is 5.73. The van der Waals surface area contributed by atoms with E-state index in [9.17, 15) is 55.9 Å². The zero-order valence-electron chi connectivity index (χ0n) is 25.0. The van der Waals surface area contributed by atoms with E-state index < -0.39 is 135 Å². The molecule has 45 heavy (non-hydrogen) atoms. The Morgan fingerprint density at radius 2 is 1.13 bits per heavy atom. The van der Waals surface area contributed by atoms with Gasteiger partial charge in [0.25, 0.3) is 0 Å². The minimum atomic E-state index is -1.78. The number of ether oxygens (including phenoxy) is 7. The first-order chi connectivity index (χ1) is 21.1. The second-order valence-corrected chi connectivity index (χ2v) is 11.8. The lowest BCUT2D eigenvalue weighted by molar-refractivity contribution is -0.391. The average Bonchev–Trinajstić information content (AvgIpc) is 2.98. The molecule has 4 rings (SSSR count). The van der Waals surface area contributed by atoms with Crippen LogP contribution in [0.25, 0.3) is 0 Å². The molecular weight excluding hydrogens is 614 g/mol. The number of rotatable bonds is 8. The Kier molecular flexibility index (Phi) is 12.1. The molecule has 0 aliphatic carbocycles. The maximum Gasteiger partial charge on any atom is 0.217 e. The summed E-state index contributed by atoms with van der Waals surface area (Å²) in [4.78, 5) is 12.0. The van der Waals surface area contributed by atoms with Crippen molar-refractivity contribution >= 4 is 5.91 Å². The molecule has 0 aromatic rings. The first-order valence-corrected chi connectivity index (χ1v) is 14.7. The Bertz CT molecular complexity index is 980. The summed E-state index contributed by atoms with van der Waals surface area (Å²) < 4.78 is 40.1. The molecule has 4 aliphatic rings. The van der Waals surface area contributed by atoms with Crippen molar-refractivity contribution in [2.75, 3.05) is 6.61 Å². The van der Waals surface area contributed by atoms with E-state index in [-0.39, 0.29) is 0 Å². The summed E-state index contributed by atoms with van der Waals surface area (Å²) in [6.07, 6.45) is -29.1. The average molecular weight is 660 g/mol. The van der Waals surface area contributed by atoms with E-state index in [1.54, 1.807) is 0 Å². The molecule has 4 aliphatic heterocycles. The van der Waals surface area contributed by atoms with E-state index in [1.165, 1.54) is 20.8 Å². The van der Waals surface area contributed by atoms with Crippen molar-refractivity contribution in [2.24, 2.45) is 0 Å². The van der Waals surface area contributed by atoms with Gasteiger partial charge in [-0.2, -0.15) is 0 Å². The van der Waals surface area contributed by atoms with Crippen LogP contribution in [-0.2, 0) is 38.0 Å². The molecule has 11 N–H and O–H groups in total. The molecule has 1 amide bonds. The standard InChI is InChI=1S/C26H45NO18/c1-6-12(30)15(33)18(36)25(40-6)43-21-8(3)41-26(44-20-7(2)39-23(38)17(35)16(20)34)22(19(21)37)45-24-11(27-9(4)29)14(32)13(31)10(5-28)42-24/h6-8,10-26,28,30-38H,5H2,1-4H3,(H,27,29)/t6-,7-,8-,10+,11+,12-,13-,14+,15+,16-,17+,18+,19+,20-,21-,22+,23?,24-,25+,26+/m0/s1. The van der Waals surface area contributed by atoms with Crippen molar-refractivity contribution in [3.63, 3.8) is 0 Å². The van der Waals surface area contributed by atoms with E-state index in [0.29, 0.717) is 0 Å². The van der Waals surface area contributed by atoms with E-state index in [2.05, 4.69) is 5.32 Å². The van der Waals surface area contributed by atoms with Gasteiger partial charge in [-0.15, -0.1) is 0 Å². The van der Waals surface area contributed by atoms with Crippen molar-refractivity contribution in [3.8, 4) is 0 Å². The van der Waals surface area contributed by atoms with Gasteiger partial charge in [0.2, 0.25) is 5.91 Å². The van der Waals surface area contributed by atoms with Crippen LogP contribution in [-0.4, -0.2) is 186 Å². The molecule has 262 valence electrons. The predicted molar refractivity (Wildman–Crippen MR) is 141 cm³/mol. The van der Waals surface area contributed by atoms with Gasteiger partial charge in [0, 0.05) is 6.92 Å². The third-order valence-electron chi connectivity index (χ3n) is 8.48. The van der Waals surface area contributed by atoms with Crippen LogP contribution in [0.4, 0.5) is 0 Å². The topological polar surface area (TPSA) is 296 Å². The molecule has 0 spiro atoms. The maximum atomic E-state index is 12.0. The Morgan fingerprint density at radius 1 is 0.578 bits per heavy atom. The van der Waals surface area contributed by atoms with Crippen LogP contribution in [0.5, 0.6) is 0 Å². The summed E-state index contributed by atoms with van der Waals surface area (Å²) in [5.74, 6) is -0.656. The fourth-order valence-corrected chi connectivity index (χ4v) is 5.82. The van der Waals surface area contributed by atoms with Crippen LogP contribution in [0.1, 0.15) is 27.7 Å². The smallest absolute Gasteiger partial charge is 0.217 e.